The van der Waals surface area contributed by atoms with Gasteiger partial charge < -0.3 is 10.1 Å². The highest BCUT2D eigenvalue weighted by atomic mass is 32.2. The quantitative estimate of drug-likeness (QED) is 0.365. The Morgan fingerprint density at radius 1 is 1.20 bits per heavy atom. The van der Waals surface area contributed by atoms with Gasteiger partial charge in [0.1, 0.15) is 0 Å². The molecule has 0 spiro atoms. The van der Waals surface area contributed by atoms with E-state index in [0.717, 1.165) is 17.0 Å². The van der Waals surface area contributed by atoms with Crippen LogP contribution in [0.15, 0.2) is 47.4 Å². The monoisotopic (exact) mass is 360 g/mol. The normalized spacial score (nSPS) is 10.2. The van der Waals surface area contributed by atoms with Crippen LogP contribution in [-0.2, 0) is 4.74 Å². The first-order chi connectivity index (χ1) is 11.9. The lowest BCUT2D eigenvalue weighted by molar-refractivity contribution is -0.384. The first-order valence-corrected chi connectivity index (χ1v) is 8.59. The van der Waals surface area contributed by atoms with Crippen LogP contribution in [0.1, 0.15) is 27.6 Å². The average Bonchev–Trinajstić information content (AvgIpc) is 2.61. The Morgan fingerprint density at radius 3 is 2.56 bits per heavy atom. The Bertz CT molecular complexity index is 822. The van der Waals surface area contributed by atoms with Crippen LogP contribution in [0.4, 0.5) is 11.4 Å². The van der Waals surface area contributed by atoms with E-state index in [0.29, 0.717) is 5.69 Å². The maximum Gasteiger partial charge on any atom is 0.338 e. The molecule has 0 bridgehead atoms. The summed E-state index contributed by atoms with van der Waals surface area (Å²) in [5.74, 6) is -1.27. The van der Waals surface area contributed by atoms with Gasteiger partial charge in [0, 0.05) is 28.3 Å². The number of esters is 1. The van der Waals surface area contributed by atoms with Crippen LogP contribution in [-0.4, -0.2) is 29.7 Å². The number of nitro groups is 1. The molecule has 2 aromatic rings. The summed E-state index contributed by atoms with van der Waals surface area (Å²) >= 11 is 1.52. The number of hydrogen-bond acceptors (Lipinski definition) is 6. The van der Waals surface area contributed by atoms with E-state index in [4.69, 9.17) is 4.74 Å². The van der Waals surface area contributed by atoms with Crippen molar-refractivity contribution in [2.45, 2.75) is 11.8 Å². The maximum absolute atomic E-state index is 12.4. The highest BCUT2D eigenvalue weighted by Gasteiger charge is 2.18. The zero-order chi connectivity index (χ0) is 18.4. The largest absolute Gasteiger partial charge is 0.462 e. The summed E-state index contributed by atoms with van der Waals surface area (Å²) < 4.78 is 4.85. The molecule has 0 aliphatic heterocycles. The molecule has 8 heteroatoms. The number of thioether (sulfide) groups is 1. The molecule has 0 aromatic heterocycles. The second-order valence-electron chi connectivity index (χ2n) is 4.93. The van der Waals surface area contributed by atoms with Gasteiger partial charge in [-0.15, -0.1) is 11.8 Å². The molecule has 1 N–H and O–H groups in total. The Kier molecular flexibility index (Phi) is 6.13. The molecule has 0 heterocycles. The number of ether oxygens (including phenoxy) is 1. The zero-order valence-electron chi connectivity index (χ0n) is 13.6. The van der Waals surface area contributed by atoms with Crippen molar-refractivity contribution in [2.75, 3.05) is 18.2 Å². The summed E-state index contributed by atoms with van der Waals surface area (Å²) in [6.07, 6.45) is 1.91. The smallest absolute Gasteiger partial charge is 0.338 e. The van der Waals surface area contributed by atoms with Crippen LogP contribution in [0.5, 0.6) is 0 Å². The number of nitrogens with zero attached hydrogens (tertiary/aromatic N) is 1. The minimum Gasteiger partial charge on any atom is -0.462 e. The van der Waals surface area contributed by atoms with Crippen LogP contribution < -0.4 is 5.32 Å². The molecule has 0 saturated heterocycles. The number of anilines is 1. The van der Waals surface area contributed by atoms with Crippen molar-refractivity contribution in [1.29, 1.82) is 0 Å². The minimum absolute atomic E-state index is 0.00630. The second kappa shape index (κ2) is 8.29. The van der Waals surface area contributed by atoms with Crippen molar-refractivity contribution in [1.82, 2.24) is 0 Å². The average molecular weight is 360 g/mol. The van der Waals surface area contributed by atoms with Crippen LogP contribution in [0.2, 0.25) is 0 Å². The molecule has 130 valence electrons. The van der Waals surface area contributed by atoms with Gasteiger partial charge >= 0.3 is 5.97 Å². The van der Waals surface area contributed by atoms with Gasteiger partial charge in [-0.25, -0.2) is 4.79 Å². The number of rotatable bonds is 6. The van der Waals surface area contributed by atoms with Gasteiger partial charge in [0.25, 0.3) is 11.6 Å². The molecule has 2 rings (SSSR count). The number of benzene rings is 2. The molecule has 0 unspecified atom stereocenters. The summed E-state index contributed by atoms with van der Waals surface area (Å²) in [5, 5.41) is 13.7. The van der Waals surface area contributed by atoms with E-state index in [-0.39, 0.29) is 23.4 Å². The number of nitro benzene ring substituents is 1. The van der Waals surface area contributed by atoms with Gasteiger partial charge in [0.15, 0.2) is 0 Å². The highest BCUT2D eigenvalue weighted by molar-refractivity contribution is 7.98. The van der Waals surface area contributed by atoms with Gasteiger partial charge in [-0.3, -0.25) is 14.9 Å². The van der Waals surface area contributed by atoms with Crippen molar-refractivity contribution in [3.63, 3.8) is 0 Å². The molecular weight excluding hydrogens is 344 g/mol. The van der Waals surface area contributed by atoms with E-state index in [9.17, 15) is 19.7 Å². The van der Waals surface area contributed by atoms with E-state index in [1.54, 1.807) is 25.1 Å². The minimum atomic E-state index is -0.718. The van der Waals surface area contributed by atoms with Gasteiger partial charge in [-0.05, 0) is 37.4 Å². The van der Waals surface area contributed by atoms with Crippen molar-refractivity contribution in [3.8, 4) is 0 Å². The van der Waals surface area contributed by atoms with Crippen molar-refractivity contribution in [3.05, 3.63) is 63.7 Å². The molecule has 0 fully saturated rings. The summed E-state index contributed by atoms with van der Waals surface area (Å²) in [6.45, 7) is 1.76. The van der Waals surface area contributed by atoms with Crippen LogP contribution >= 0.6 is 11.8 Å². The third-order valence-electron chi connectivity index (χ3n) is 3.23. The van der Waals surface area contributed by atoms with E-state index in [1.165, 1.54) is 17.8 Å². The summed E-state index contributed by atoms with van der Waals surface area (Å²) in [7, 11) is 0. The fourth-order valence-electron chi connectivity index (χ4n) is 2.08. The SMILES string of the molecule is CCOC(=O)c1cc(C(=O)Nc2cccc(SC)c2)cc([N+](=O)[O-])c1. The van der Waals surface area contributed by atoms with Gasteiger partial charge in [-0.2, -0.15) is 0 Å². The third kappa shape index (κ3) is 4.80. The fraction of sp³-hybridized carbons (Fsp3) is 0.176. The number of carbonyl (C=O) groups excluding carboxylic acids is 2. The topological polar surface area (TPSA) is 98.5 Å². The molecule has 0 saturated carbocycles. The van der Waals surface area contributed by atoms with E-state index in [2.05, 4.69) is 5.32 Å². The van der Waals surface area contributed by atoms with Crippen LogP contribution in [0.25, 0.3) is 0 Å². The molecule has 25 heavy (non-hydrogen) atoms. The predicted octanol–water partition coefficient (Wildman–Crippen LogP) is 3.75. The molecule has 0 atom stereocenters. The van der Waals surface area contributed by atoms with E-state index in [1.807, 2.05) is 12.3 Å². The number of amides is 1. The Labute approximate surface area is 148 Å². The standard InChI is InChI=1S/C17H16N2O5S/c1-3-24-17(21)12-7-11(8-14(9-12)19(22)23)16(20)18-13-5-4-6-15(10-13)25-2/h4-10H,3H2,1-2H3,(H,18,20). The first-order valence-electron chi connectivity index (χ1n) is 7.36. The number of hydrogen-bond donors (Lipinski definition) is 1. The lowest BCUT2D eigenvalue weighted by Crippen LogP contribution is -2.14. The van der Waals surface area contributed by atoms with Gasteiger partial charge in [-0.1, -0.05) is 6.07 Å². The predicted molar refractivity (Wildman–Crippen MR) is 95.2 cm³/mol. The summed E-state index contributed by atoms with van der Waals surface area (Å²) in [5.41, 5.74) is 0.167. The summed E-state index contributed by atoms with van der Waals surface area (Å²) in [6, 6.07) is 10.7. The fourth-order valence-corrected chi connectivity index (χ4v) is 2.54. The molecule has 2 aromatic carbocycles. The molecular formula is C17H16N2O5S. The molecule has 0 aliphatic carbocycles. The maximum atomic E-state index is 12.4. The lowest BCUT2D eigenvalue weighted by Gasteiger charge is -2.08. The molecule has 7 nitrogen and oxygen atoms in total. The second-order valence-corrected chi connectivity index (χ2v) is 5.81. The van der Waals surface area contributed by atoms with E-state index >= 15 is 0 Å². The third-order valence-corrected chi connectivity index (χ3v) is 3.95. The van der Waals surface area contributed by atoms with Gasteiger partial charge in [0.05, 0.1) is 17.1 Å². The Balaban J connectivity index is 2.34. The van der Waals surface area contributed by atoms with Crippen molar-refractivity contribution < 1.29 is 19.2 Å². The summed E-state index contributed by atoms with van der Waals surface area (Å²) in [4.78, 5) is 35.7. The van der Waals surface area contributed by atoms with Crippen LogP contribution in [0.3, 0.4) is 0 Å². The van der Waals surface area contributed by atoms with Gasteiger partial charge in [0.2, 0.25) is 0 Å². The molecule has 0 aliphatic rings. The zero-order valence-corrected chi connectivity index (χ0v) is 14.5. The molecule has 0 radical (unpaired) electrons. The van der Waals surface area contributed by atoms with E-state index < -0.39 is 16.8 Å². The highest BCUT2D eigenvalue weighted by Crippen LogP contribution is 2.22. The Hall–Kier alpha value is -2.87. The number of nitrogens with one attached hydrogen (secondary N) is 1. The molecule has 1 amide bonds. The number of non-ortho nitro benzene ring substituents is 1. The van der Waals surface area contributed by atoms with Crippen LogP contribution in [0, 0.1) is 10.1 Å². The lowest BCUT2D eigenvalue weighted by atomic mass is 10.1. The van der Waals surface area contributed by atoms with Crippen molar-refractivity contribution >= 4 is 35.0 Å². The first kappa shape index (κ1) is 18.5. The Morgan fingerprint density at radius 2 is 1.92 bits per heavy atom. The number of carbonyl (C=O) groups is 2. The van der Waals surface area contributed by atoms with Crippen molar-refractivity contribution in [2.24, 2.45) is 0 Å².